The van der Waals surface area contributed by atoms with E-state index in [4.69, 9.17) is 0 Å². The quantitative estimate of drug-likeness (QED) is 0.620. The Morgan fingerprint density at radius 2 is 1.60 bits per heavy atom. The minimum Gasteiger partial charge on any atom is -0.508 e. The van der Waals surface area contributed by atoms with Crippen molar-refractivity contribution < 1.29 is 5.11 Å². The lowest BCUT2D eigenvalue weighted by Crippen LogP contribution is -2.27. The first-order valence-electron chi connectivity index (χ1n) is 8.03. The minimum absolute atomic E-state index is 0.160. The summed E-state index contributed by atoms with van der Waals surface area (Å²) >= 11 is 0. The molecule has 6 heteroatoms. The molecular formula is C19H21N5O. The van der Waals surface area contributed by atoms with Crippen molar-refractivity contribution in [2.75, 3.05) is 10.6 Å². The van der Waals surface area contributed by atoms with E-state index in [2.05, 4.69) is 46.4 Å². The fourth-order valence-corrected chi connectivity index (χ4v) is 2.27. The van der Waals surface area contributed by atoms with Crippen LogP contribution in [0.5, 0.6) is 5.75 Å². The fraction of sp³-hybridized carbons (Fsp3) is 0.211. The first-order valence-corrected chi connectivity index (χ1v) is 8.03. The van der Waals surface area contributed by atoms with Gasteiger partial charge in [-0.3, -0.25) is 4.98 Å². The van der Waals surface area contributed by atoms with E-state index in [1.807, 2.05) is 18.2 Å². The van der Waals surface area contributed by atoms with Gasteiger partial charge in [0.25, 0.3) is 0 Å². The van der Waals surface area contributed by atoms with E-state index in [1.54, 1.807) is 36.7 Å². The van der Waals surface area contributed by atoms with Gasteiger partial charge in [0.2, 0.25) is 5.95 Å². The molecule has 0 aliphatic rings. The Morgan fingerprint density at radius 1 is 0.920 bits per heavy atom. The molecule has 128 valence electrons. The molecule has 25 heavy (non-hydrogen) atoms. The van der Waals surface area contributed by atoms with Gasteiger partial charge in [-0.25, -0.2) is 4.98 Å². The zero-order valence-corrected chi connectivity index (χ0v) is 14.5. The number of aromatic nitrogens is 3. The average molecular weight is 335 g/mol. The van der Waals surface area contributed by atoms with Gasteiger partial charge in [-0.05, 0) is 57.2 Å². The predicted molar refractivity (Wildman–Crippen MR) is 100 cm³/mol. The first kappa shape index (κ1) is 16.7. The second kappa shape index (κ2) is 6.76. The van der Waals surface area contributed by atoms with Gasteiger partial charge in [0.1, 0.15) is 11.6 Å². The number of nitrogens with one attached hydrogen (secondary N) is 2. The van der Waals surface area contributed by atoms with Crippen LogP contribution in [-0.4, -0.2) is 25.6 Å². The molecule has 0 unspecified atom stereocenters. The van der Waals surface area contributed by atoms with Gasteiger partial charge in [0.15, 0.2) is 0 Å². The van der Waals surface area contributed by atoms with E-state index < -0.39 is 0 Å². The lowest BCUT2D eigenvalue weighted by molar-refractivity contribution is 0.475. The van der Waals surface area contributed by atoms with Crippen molar-refractivity contribution in [2.24, 2.45) is 0 Å². The van der Waals surface area contributed by atoms with Crippen LogP contribution in [0.3, 0.4) is 0 Å². The van der Waals surface area contributed by atoms with Crippen molar-refractivity contribution in [3.05, 3.63) is 54.9 Å². The number of rotatable bonds is 4. The molecule has 0 saturated heterocycles. The van der Waals surface area contributed by atoms with Crippen LogP contribution in [0, 0.1) is 0 Å². The second-order valence-corrected chi connectivity index (χ2v) is 6.74. The molecule has 3 rings (SSSR count). The summed E-state index contributed by atoms with van der Waals surface area (Å²) in [7, 11) is 0. The van der Waals surface area contributed by atoms with Crippen LogP contribution in [0.2, 0.25) is 0 Å². The summed E-state index contributed by atoms with van der Waals surface area (Å²) in [5.74, 6) is 1.43. The summed E-state index contributed by atoms with van der Waals surface area (Å²) in [6.45, 7) is 6.17. The zero-order valence-electron chi connectivity index (χ0n) is 14.5. The summed E-state index contributed by atoms with van der Waals surface area (Å²) in [6.07, 6.45) is 3.47. The van der Waals surface area contributed by atoms with Crippen molar-refractivity contribution in [3.8, 4) is 17.0 Å². The highest BCUT2D eigenvalue weighted by Crippen LogP contribution is 2.25. The number of phenols is 1. The van der Waals surface area contributed by atoms with Gasteiger partial charge < -0.3 is 15.7 Å². The number of phenolic OH excluding ortho intramolecular Hbond substituents is 1. The van der Waals surface area contributed by atoms with Gasteiger partial charge in [0, 0.05) is 35.2 Å². The fourth-order valence-electron chi connectivity index (χ4n) is 2.27. The summed E-state index contributed by atoms with van der Waals surface area (Å²) in [5.41, 5.74) is 2.43. The number of hydrogen-bond acceptors (Lipinski definition) is 6. The van der Waals surface area contributed by atoms with Crippen LogP contribution in [0.15, 0.2) is 54.9 Å². The Balaban J connectivity index is 1.98. The van der Waals surface area contributed by atoms with Crippen LogP contribution in [-0.2, 0) is 0 Å². The van der Waals surface area contributed by atoms with Crippen molar-refractivity contribution in [1.82, 2.24) is 15.0 Å². The van der Waals surface area contributed by atoms with Gasteiger partial charge in [0.05, 0.1) is 5.69 Å². The smallest absolute Gasteiger partial charge is 0.225 e. The Hall–Kier alpha value is -3.15. The number of aromatic hydroxyl groups is 1. The largest absolute Gasteiger partial charge is 0.508 e. The molecule has 0 fully saturated rings. The van der Waals surface area contributed by atoms with E-state index in [0.717, 1.165) is 16.9 Å². The van der Waals surface area contributed by atoms with Crippen LogP contribution in [0.1, 0.15) is 20.8 Å². The number of hydrogen-bond donors (Lipinski definition) is 3. The number of nitrogens with zero attached hydrogens (tertiary/aromatic N) is 3. The third-order valence-corrected chi connectivity index (χ3v) is 3.33. The third-order valence-electron chi connectivity index (χ3n) is 3.33. The van der Waals surface area contributed by atoms with Crippen LogP contribution in [0.25, 0.3) is 11.3 Å². The van der Waals surface area contributed by atoms with E-state index in [9.17, 15) is 5.11 Å². The van der Waals surface area contributed by atoms with Gasteiger partial charge in [-0.15, -0.1) is 0 Å². The second-order valence-electron chi connectivity index (χ2n) is 6.74. The third kappa shape index (κ3) is 4.67. The standard InChI is InChI=1S/C19H21N5O/c1-19(2,3)24-18-22-16(13-8-10-20-11-9-13)12-17(23-18)21-14-4-6-15(25)7-5-14/h4-12,25H,1-3H3,(H2,21,22,23,24). The summed E-state index contributed by atoms with van der Waals surface area (Å²) in [6, 6.07) is 12.5. The van der Waals surface area contributed by atoms with Crippen LogP contribution in [0.4, 0.5) is 17.5 Å². The molecule has 0 amide bonds. The maximum absolute atomic E-state index is 9.42. The molecule has 2 aromatic heterocycles. The van der Waals surface area contributed by atoms with Crippen molar-refractivity contribution in [2.45, 2.75) is 26.3 Å². The van der Waals surface area contributed by atoms with Gasteiger partial charge in [-0.2, -0.15) is 4.98 Å². The maximum Gasteiger partial charge on any atom is 0.225 e. The molecule has 0 spiro atoms. The lowest BCUT2D eigenvalue weighted by Gasteiger charge is -2.21. The Kier molecular flexibility index (Phi) is 4.52. The molecule has 6 nitrogen and oxygen atoms in total. The Morgan fingerprint density at radius 3 is 2.24 bits per heavy atom. The molecule has 2 heterocycles. The topological polar surface area (TPSA) is 83.0 Å². The molecule has 0 aliphatic heterocycles. The highest BCUT2D eigenvalue weighted by molar-refractivity contribution is 5.67. The zero-order chi connectivity index (χ0) is 17.9. The van der Waals surface area contributed by atoms with Crippen molar-refractivity contribution >= 4 is 17.5 Å². The molecule has 0 radical (unpaired) electrons. The van der Waals surface area contributed by atoms with Crippen LogP contribution < -0.4 is 10.6 Å². The van der Waals surface area contributed by atoms with E-state index in [0.29, 0.717) is 11.8 Å². The van der Waals surface area contributed by atoms with E-state index >= 15 is 0 Å². The predicted octanol–water partition coefficient (Wildman–Crippen LogP) is 4.20. The van der Waals surface area contributed by atoms with Crippen molar-refractivity contribution in [1.29, 1.82) is 0 Å². The molecule has 1 aromatic carbocycles. The SMILES string of the molecule is CC(C)(C)Nc1nc(Nc2ccc(O)cc2)cc(-c2ccncc2)n1. The molecule has 0 bridgehead atoms. The highest BCUT2D eigenvalue weighted by Gasteiger charge is 2.14. The monoisotopic (exact) mass is 335 g/mol. The van der Waals surface area contributed by atoms with E-state index in [-0.39, 0.29) is 11.3 Å². The maximum atomic E-state index is 9.42. The molecular weight excluding hydrogens is 314 g/mol. The van der Waals surface area contributed by atoms with Gasteiger partial charge >= 0.3 is 0 Å². The lowest BCUT2D eigenvalue weighted by atomic mass is 10.1. The van der Waals surface area contributed by atoms with Crippen LogP contribution >= 0.6 is 0 Å². The van der Waals surface area contributed by atoms with E-state index in [1.165, 1.54) is 0 Å². The summed E-state index contributed by atoms with van der Waals surface area (Å²) in [5, 5.41) is 16.0. The summed E-state index contributed by atoms with van der Waals surface area (Å²) < 4.78 is 0. The molecule has 3 aromatic rings. The Labute approximate surface area is 147 Å². The molecule has 0 saturated carbocycles. The highest BCUT2D eigenvalue weighted by atomic mass is 16.3. The Bertz CT molecular complexity index is 842. The molecule has 0 atom stereocenters. The van der Waals surface area contributed by atoms with Gasteiger partial charge in [-0.1, -0.05) is 0 Å². The number of pyridine rings is 1. The first-order chi connectivity index (χ1) is 11.9. The number of anilines is 3. The minimum atomic E-state index is -0.160. The normalized spacial score (nSPS) is 11.2. The average Bonchev–Trinajstić information content (AvgIpc) is 2.56. The molecule has 3 N–H and O–H groups in total. The number of benzene rings is 1. The molecule has 0 aliphatic carbocycles. The van der Waals surface area contributed by atoms with Crippen molar-refractivity contribution in [3.63, 3.8) is 0 Å². The summed E-state index contributed by atoms with van der Waals surface area (Å²) in [4.78, 5) is 13.2.